The Bertz CT molecular complexity index is 1020. The van der Waals surface area contributed by atoms with Gasteiger partial charge in [0.1, 0.15) is 18.1 Å². The molecule has 1 unspecified atom stereocenters. The molecule has 2 N–H and O–H groups in total. The summed E-state index contributed by atoms with van der Waals surface area (Å²) in [6.07, 6.45) is 0.906. The first-order valence-corrected chi connectivity index (χ1v) is 10.2. The van der Waals surface area contributed by atoms with E-state index >= 15 is 0 Å². The van der Waals surface area contributed by atoms with E-state index in [-0.39, 0.29) is 6.10 Å². The molecule has 0 fully saturated rings. The van der Waals surface area contributed by atoms with Crippen molar-refractivity contribution < 1.29 is 19.1 Å². The van der Waals surface area contributed by atoms with E-state index in [4.69, 9.17) is 9.47 Å². The van der Waals surface area contributed by atoms with Gasteiger partial charge in [-0.05, 0) is 49.2 Å². The van der Waals surface area contributed by atoms with Crippen molar-refractivity contribution in [3.63, 3.8) is 0 Å². The number of benzene rings is 3. The summed E-state index contributed by atoms with van der Waals surface area (Å²) in [6.45, 7) is 4.32. The van der Waals surface area contributed by atoms with Crippen molar-refractivity contribution >= 4 is 11.8 Å². The molecule has 6 nitrogen and oxygen atoms in total. The van der Waals surface area contributed by atoms with Gasteiger partial charge in [-0.3, -0.25) is 20.4 Å². The third kappa shape index (κ3) is 6.34. The highest BCUT2D eigenvalue weighted by molar-refractivity contribution is 6.00. The van der Waals surface area contributed by atoms with Gasteiger partial charge in [0.15, 0.2) is 0 Å². The average Bonchev–Trinajstić information content (AvgIpc) is 2.82. The van der Waals surface area contributed by atoms with Crippen LogP contribution in [0.1, 0.15) is 46.5 Å². The molecule has 0 saturated carbocycles. The molecule has 2 amide bonds. The fourth-order valence-corrected chi connectivity index (χ4v) is 2.79. The van der Waals surface area contributed by atoms with Gasteiger partial charge >= 0.3 is 0 Å². The number of nitrogens with one attached hydrogen (secondary N) is 2. The number of carbonyl (C=O) groups is 2. The maximum Gasteiger partial charge on any atom is 0.273 e. The molecule has 0 radical (unpaired) electrons. The Balaban J connectivity index is 1.61. The molecule has 0 aliphatic carbocycles. The number of hydrogen-bond acceptors (Lipinski definition) is 4. The number of hydrazine groups is 1. The lowest BCUT2D eigenvalue weighted by atomic mass is 10.2. The Kier molecular flexibility index (Phi) is 7.65. The predicted molar refractivity (Wildman–Crippen MR) is 119 cm³/mol. The van der Waals surface area contributed by atoms with Gasteiger partial charge in [-0.25, -0.2) is 0 Å². The monoisotopic (exact) mass is 418 g/mol. The van der Waals surface area contributed by atoms with Crippen LogP contribution in [0.2, 0.25) is 0 Å². The van der Waals surface area contributed by atoms with Crippen molar-refractivity contribution in [2.75, 3.05) is 0 Å². The summed E-state index contributed by atoms with van der Waals surface area (Å²) in [5.41, 5.74) is 6.59. The standard InChI is InChI=1S/C25H26N2O4/c1-3-18(2)31-21-13-9-12-20(16-21)24(28)26-27-25(29)22-14-7-8-15-23(22)30-17-19-10-5-4-6-11-19/h4-16,18H,3,17H2,1-2H3,(H,26,28)(H,27,29). The van der Waals surface area contributed by atoms with Crippen LogP contribution in [0.5, 0.6) is 11.5 Å². The lowest BCUT2D eigenvalue weighted by molar-refractivity contribution is 0.0844. The van der Waals surface area contributed by atoms with Crippen molar-refractivity contribution in [1.29, 1.82) is 0 Å². The zero-order valence-electron chi connectivity index (χ0n) is 17.6. The Hall–Kier alpha value is -3.80. The van der Waals surface area contributed by atoms with E-state index in [1.54, 1.807) is 48.5 Å². The van der Waals surface area contributed by atoms with E-state index in [2.05, 4.69) is 10.9 Å². The van der Waals surface area contributed by atoms with E-state index < -0.39 is 11.8 Å². The summed E-state index contributed by atoms with van der Waals surface area (Å²) in [6, 6.07) is 23.4. The minimum absolute atomic E-state index is 0.0467. The minimum Gasteiger partial charge on any atom is -0.491 e. The third-order valence-corrected chi connectivity index (χ3v) is 4.67. The van der Waals surface area contributed by atoms with Crippen molar-refractivity contribution in [1.82, 2.24) is 10.9 Å². The van der Waals surface area contributed by atoms with Crippen LogP contribution < -0.4 is 20.3 Å². The molecule has 0 saturated heterocycles. The minimum atomic E-state index is -0.468. The second-order valence-electron chi connectivity index (χ2n) is 7.04. The second-order valence-corrected chi connectivity index (χ2v) is 7.04. The lowest BCUT2D eigenvalue weighted by Crippen LogP contribution is -2.41. The lowest BCUT2D eigenvalue weighted by Gasteiger charge is -2.14. The summed E-state index contributed by atoms with van der Waals surface area (Å²) < 4.78 is 11.6. The molecule has 0 aliphatic rings. The summed E-state index contributed by atoms with van der Waals surface area (Å²) >= 11 is 0. The average molecular weight is 418 g/mol. The number of rotatable bonds is 8. The van der Waals surface area contributed by atoms with Gasteiger partial charge in [-0.1, -0.05) is 55.5 Å². The number of amides is 2. The first-order valence-electron chi connectivity index (χ1n) is 10.2. The molecule has 3 rings (SSSR count). The molecule has 0 spiro atoms. The number of para-hydroxylation sites is 1. The first-order chi connectivity index (χ1) is 15.1. The Morgan fingerprint density at radius 2 is 1.58 bits per heavy atom. The third-order valence-electron chi connectivity index (χ3n) is 4.67. The maximum atomic E-state index is 12.6. The van der Waals surface area contributed by atoms with Crippen LogP contribution in [0.15, 0.2) is 78.9 Å². The zero-order valence-corrected chi connectivity index (χ0v) is 17.6. The van der Waals surface area contributed by atoms with Crippen molar-refractivity contribution in [2.24, 2.45) is 0 Å². The molecule has 160 valence electrons. The van der Waals surface area contributed by atoms with Crippen LogP contribution in [0.25, 0.3) is 0 Å². The number of ether oxygens (including phenoxy) is 2. The summed E-state index contributed by atoms with van der Waals surface area (Å²) in [5.74, 6) is 0.129. The van der Waals surface area contributed by atoms with Crippen LogP contribution >= 0.6 is 0 Å². The number of hydrogen-bond donors (Lipinski definition) is 2. The zero-order chi connectivity index (χ0) is 22.1. The molecule has 0 bridgehead atoms. The Labute approximate surface area is 182 Å². The van der Waals surface area contributed by atoms with Crippen molar-refractivity contribution in [3.05, 3.63) is 95.6 Å². The predicted octanol–water partition coefficient (Wildman–Crippen LogP) is 4.52. The smallest absolute Gasteiger partial charge is 0.273 e. The van der Waals surface area contributed by atoms with Crippen LogP contribution in [-0.2, 0) is 6.61 Å². The van der Waals surface area contributed by atoms with Crippen molar-refractivity contribution in [3.8, 4) is 11.5 Å². The molecule has 3 aromatic rings. The molecule has 6 heteroatoms. The Morgan fingerprint density at radius 3 is 2.35 bits per heavy atom. The van der Waals surface area contributed by atoms with Crippen LogP contribution in [-0.4, -0.2) is 17.9 Å². The van der Waals surface area contributed by atoms with E-state index in [1.807, 2.05) is 44.2 Å². The highest BCUT2D eigenvalue weighted by atomic mass is 16.5. The molecule has 31 heavy (non-hydrogen) atoms. The van der Waals surface area contributed by atoms with E-state index in [0.29, 0.717) is 29.2 Å². The highest BCUT2D eigenvalue weighted by Crippen LogP contribution is 2.19. The molecule has 0 heterocycles. The summed E-state index contributed by atoms with van der Waals surface area (Å²) in [7, 11) is 0. The normalized spacial score (nSPS) is 11.3. The SMILES string of the molecule is CCC(C)Oc1cccc(C(=O)NNC(=O)c2ccccc2OCc2ccccc2)c1. The van der Waals surface area contributed by atoms with Gasteiger partial charge in [0.05, 0.1) is 11.7 Å². The van der Waals surface area contributed by atoms with E-state index in [1.165, 1.54) is 0 Å². The van der Waals surface area contributed by atoms with Gasteiger partial charge in [0.25, 0.3) is 11.8 Å². The summed E-state index contributed by atoms with van der Waals surface area (Å²) in [4.78, 5) is 25.1. The van der Waals surface area contributed by atoms with Gasteiger partial charge in [0.2, 0.25) is 0 Å². The Morgan fingerprint density at radius 1 is 0.871 bits per heavy atom. The molecule has 1 atom stereocenters. The molecular weight excluding hydrogens is 392 g/mol. The molecule has 0 aliphatic heterocycles. The molecule has 0 aromatic heterocycles. The second kappa shape index (κ2) is 10.8. The molecular formula is C25H26N2O4. The van der Waals surface area contributed by atoms with Gasteiger partial charge in [-0.2, -0.15) is 0 Å². The van der Waals surface area contributed by atoms with Crippen LogP contribution in [0.3, 0.4) is 0 Å². The largest absolute Gasteiger partial charge is 0.491 e. The van der Waals surface area contributed by atoms with Gasteiger partial charge in [-0.15, -0.1) is 0 Å². The maximum absolute atomic E-state index is 12.6. The highest BCUT2D eigenvalue weighted by Gasteiger charge is 2.14. The quantitative estimate of drug-likeness (QED) is 0.528. The van der Waals surface area contributed by atoms with Crippen LogP contribution in [0.4, 0.5) is 0 Å². The topological polar surface area (TPSA) is 76.7 Å². The molecule has 3 aromatic carbocycles. The van der Waals surface area contributed by atoms with Crippen LogP contribution in [0, 0.1) is 0 Å². The van der Waals surface area contributed by atoms with E-state index in [0.717, 1.165) is 12.0 Å². The number of carbonyl (C=O) groups excluding carboxylic acids is 2. The van der Waals surface area contributed by atoms with Gasteiger partial charge < -0.3 is 9.47 Å². The van der Waals surface area contributed by atoms with Gasteiger partial charge in [0, 0.05) is 5.56 Å². The summed E-state index contributed by atoms with van der Waals surface area (Å²) in [5, 5.41) is 0. The first kappa shape index (κ1) is 21.9. The fraction of sp³-hybridized carbons (Fsp3) is 0.200. The fourth-order valence-electron chi connectivity index (χ4n) is 2.79. The van der Waals surface area contributed by atoms with E-state index in [9.17, 15) is 9.59 Å². The van der Waals surface area contributed by atoms with Crippen molar-refractivity contribution in [2.45, 2.75) is 33.0 Å².